The zero-order valence-corrected chi connectivity index (χ0v) is 11.3. The van der Waals surface area contributed by atoms with Crippen LogP contribution in [0.2, 0.25) is 0 Å². The molecule has 0 radical (unpaired) electrons. The number of rotatable bonds is 6. The lowest BCUT2D eigenvalue weighted by Gasteiger charge is -2.10. The minimum atomic E-state index is -0.274. The van der Waals surface area contributed by atoms with E-state index in [1.54, 1.807) is 0 Å². The second kappa shape index (κ2) is 6.95. The molecule has 0 heterocycles. The highest BCUT2D eigenvalue weighted by molar-refractivity contribution is 5.29. The summed E-state index contributed by atoms with van der Waals surface area (Å²) in [7, 11) is 0. The molecule has 19 heavy (non-hydrogen) atoms. The van der Waals surface area contributed by atoms with Gasteiger partial charge in [0.25, 0.3) is 0 Å². The lowest BCUT2D eigenvalue weighted by atomic mass is 10.1. The number of hydrogen-bond acceptors (Lipinski definition) is 2. The first-order valence-electron chi connectivity index (χ1n) is 6.71. The van der Waals surface area contributed by atoms with Crippen molar-refractivity contribution in [1.29, 1.82) is 0 Å². The third-order valence-electron chi connectivity index (χ3n) is 3.09. The van der Waals surface area contributed by atoms with Crippen LogP contribution in [0, 0.1) is 0 Å². The van der Waals surface area contributed by atoms with Gasteiger partial charge in [0, 0.05) is 0 Å². The lowest BCUT2D eigenvalue weighted by molar-refractivity contribution is 0.170. The van der Waals surface area contributed by atoms with Crippen molar-refractivity contribution in [2.24, 2.45) is 0 Å². The first-order chi connectivity index (χ1) is 9.28. The molecular formula is C17H20O2. The average Bonchev–Trinajstić information content (AvgIpc) is 2.46. The van der Waals surface area contributed by atoms with Gasteiger partial charge in [-0.3, -0.25) is 0 Å². The lowest BCUT2D eigenvalue weighted by Crippen LogP contribution is -2.08. The Morgan fingerprint density at radius 2 is 1.74 bits per heavy atom. The summed E-state index contributed by atoms with van der Waals surface area (Å²) in [6.07, 6.45) is 1.18. The summed E-state index contributed by atoms with van der Waals surface area (Å²) in [6.45, 7) is 2.56. The van der Waals surface area contributed by atoms with Crippen LogP contribution in [0.25, 0.3) is 0 Å². The van der Waals surface area contributed by atoms with Crippen molar-refractivity contribution in [2.45, 2.75) is 32.5 Å². The van der Waals surface area contributed by atoms with Gasteiger partial charge in [-0.25, -0.2) is 0 Å². The molecule has 2 aromatic rings. The maximum atomic E-state index is 9.67. The van der Waals surface area contributed by atoms with Crippen molar-refractivity contribution >= 4 is 0 Å². The normalized spacial score (nSPS) is 12.1. The maximum absolute atomic E-state index is 9.67. The van der Waals surface area contributed by atoms with E-state index in [4.69, 9.17) is 4.74 Å². The molecule has 0 aliphatic rings. The van der Waals surface area contributed by atoms with E-state index in [1.165, 1.54) is 0 Å². The molecule has 2 rings (SSSR count). The molecule has 0 spiro atoms. The van der Waals surface area contributed by atoms with Crippen molar-refractivity contribution in [2.75, 3.05) is 0 Å². The average molecular weight is 256 g/mol. The Morgan fingerprint density at radius 3 is 2.47 bits per heavy atom. The summed E-state index contributed by atoms with van der Waals surface area (Å²) < 4.78 is 5.77. The van der Waals surface area contributed by atoms with Gasteiger partial charge in [0.2, 0.25) is 0 Å². The maximum Gasteiger partial charge on any atom is 0.120 e. The Hall–Kier alpha value is -1.80. The number of ether oxygens (including phenoxy) is 1. The van der Waals surface area contributed by atoms with Gasteiger partial charge in [0.15, 0.2) is 0 Å². The summed E-state index contributed by atoms with van der Waals surface area (Å²) >= 11 is 0. The number of benzene rings is 2. The monoisotopic (exact) mass is 256 g/mol. The van der Waals surface area contributed by atoms with Gasteiger partial charge in [-0.15, -0.1) is 0 Å². The van der Waals surface area contributed by atoms with E-state index in [0.29, 0.717) is 13.0 Å². The van der Waals surface area contributed by atoms with Gasteiger partial charge in [-0.2, -0.15) is 0 Å². The van der Waals surface area contributed by atoms with Crippen molar-refractivity contribution < 1.29 is 9.84 Å². The van der Waals surface area contributed by atoms with Crippen LogP contribution in [-0.4, -0.2) is 11.2 Å². The van der Waals surface area contributed by atoms with Gasteiger partial charge in [-0.05, 0) is 36.1 Å². The van der Waals surface area contributed by atoms with Crippen LogP contribution in [0.3, 0.4) is 0 Å². The van der Waals surface area contributed by atoms with E-state index in [9.17, 15) is 5.11 Å². The van der Waals surface area contributed by atoms with Crippen molar-refractivity contribution in [3.63, 3.8) is 0 Å². The number of hydrogen-bond donors (Lipinski definition) is 1. The molecule has 2 nitrogen and oxygen atoms in total. The zero-order chi connectivity index (χ0) is 13.5. The first-order valence-corrected chi connectivity index (χ1v) is 6.71. The smallest absolute Gasteiger partial charge is 0.120 e. The van der Waals surface area contributed by atoms with Crippen molar-refractivity contribution in [3.05, 3.63) is 65.7 Å². The summed E-state index contributed by atoms with van der Waals surface area (Å²) in [5.74, 6) is 0.852. The molecule has 0 unspecified atom stereocenters. The quantitative estimate of drug-likeness (QED) is 0.856. The van der Waals surface area contributed by atoms with Crippen LogP contribution in [0.1, 0.15) is 24.5 Å². The fourth-order valence-electron chi connectivity index (χ4n) is 1.92. The molecule has 1 N–H and O–H groups in total. The van der Waals surface area contributed by atoms with E-state index >= 15 is 0 Å². The van der Waals surface area contributed by atoms with E-state index in [1.807, 2.05) is 61.5 Å². The van der Waals surface area contributed by atoms with Crippen LogP contribution < -0.4 is 4.74 Å². The Balaban J connectivity index is 1.95. The van der Waals surface area contributed by atoms with Crippen molar-refractivity contribution in [1.82, 2.24) is 0 Å². The van der Waals surface area contributed by atoms with Gasteiger partial charge in [-0.1, -0.05) is 49.4 Å². The van der Waals surface area contributed by atoms with Crippen LogP contribution >= 0.6 is 0 Å². The minimum Gasteiger partial charge on any atom is -0.489 e. The second-order valence-electron chi connectivity index (χ2n) is 4.69. The molecule has 0 saturated heterocycles. The summed E-state index contributed by atoms with van der Waals surface area (Å²) in [6, 6.07) is 18.0. The van der Waals surface area contributed by atoms with Gasteiger partial charge >= 0.3 is 0 Å². The first kappa shape index (κ1) is 13.6. The summed E-state index contributed by atoms with van der Waals surface area (Å²) in [5, 5.41) is 9.67. The highest BCUT2D eigenvalue weighted by Gasteiger charge is 2.04. The van der Waals surface area contributed by atoms with Crippen LogP contribution in [-0.2, 0) is 13.0 Å². The molecule has 0 bridgehead atoms. The Morgan fingerprint density at radius 1 is 1.00 bits per heavy atom. The van der Waals surface area contributed by atoms with E-state index in [2.05, 4.69) is 0 Å². The molecule has 0 fully saturated rings. The molecule has 0 saturated carbocycles. The van der Waals surface area contributed by atoms with Crippen LogP contribution in [0.15, 0.2) is 54.6 Å². The Bertz CT molecular complexity index is 494. The summed E-state index contributed by atoms with van der Waals surface area (Å²) in [4.78, 5) is 0. The SMILES string of the molecule is CC[C@@H](O)Cc1cccc(OCc2ccccc2)c1. The fourth-order valence-corrected chi connectivity index (χ4v) is 1.92. The van der Waals surface area contributed by atoms with Gasteiger partial charge in [0.05, 0.1) is 6.10 Å². The highest BCUT2D eigenvalue weighted by atomic mass is 16.5. The van der Waals surface area contributed by atoms with Crippen molar-refractivity contribution in [3.8, 4) is 5.75 Å². The molecular weight excluding hydrogens is 236 g/mol. The molecule has 0 aromatic heterocycles. The predicted molar refractivity (Wildman–Crippen MR) is 77.2 cm³/mol. The summed E-state index contributed by atoms with van der Waals surface area (Å²) in [5.41, 5.74) is 2.27. The zero-order valence-electron chi connectivity index (χ0n) is 11.3. The molecule has 1 atom stereocenters. The molecule has 100 valence electrons. The molecule has 2 aromatic carbocycles. The highest BCUT2D eigenvalue weighted by Crippen LogP contribution is 2.17. The second-order valence-corrected chi connectivity index (χ2v) is 4.69. The Kier molecular flexibility index (Phi) is 4.99. The topological polar surface area (TPSA) is 29.5 Å². The molecule has 0 aliphatic carbocycles. The standard InChI is InChI=1S/C17H20O2/c1-2-16(18)11-15-9-6-10-17(12-15)19-13-14-7-4-3-5-8-14/h3-10,12,16,18H,2,11,13H2,1H3/t16-/m1/s1. The molecule has 0 aliphatic heterocycles. The van der Waals surface area contributed by atoms with Gasteiger partial charge in [0.1, 0.15) is 12.4 Å². The van der Waals surface area contributed by atoms with Gasteiger partial charge < -0.3 is 9.84 Å². The van der Waals surface area contributed by atoms with Crippen LogP contribution in [0.5, 0.6) is 5.75 Å². The molecule has 0 amide bonds. The molecule has 2 heteroatoms. The predicted octanol–water partition coefficient (Wildman–Crippen LogP) is 3.58. The minimum absolute atomic E-state index is 0.274. The number of aliphatic hydroxyl groups is 1. The number of aliphatic hydroxyl groups excluding tert-OH is 1. The third-order valence-corrected chi connectivity index (χ3v) is 3.09. The van der Waals surface area contributed by atoms with E-state index in [-0.39, 0.29) is 6.10 Å². The Labute approximate surface area is 114 Å². The largest absolute Gasteiger partial charge is 0.489 e. The fraction of sp³-hybridized carbons (Fsp3) is 0.294. The van der Waals surface area contributed by atoms with E-state index in [0.717, 1.165) is 23.3 Å². The third kappa shape index (κ3) is 4.42. The van der Waals surface area contributed by atoms with E-state index < -0.39 is 0 Å². The van der Waals surface area contributed by atoms with Crippen LogP contribution in [0.4, 0.5) is 0 Å².